The van der Waals surface area contributed by atoms with E-state index < -0.39 is 5.97 Å². The Labute approximate surface area is 84.5 Å². The summed E-state index contributed by atoms with van der Waals surface area (Å²) in [5, 5.41) is 8.85. The molecule has 0 saturated carbocycles. The van der Waals surface area contributed by atoms with Gasteiger partial charge in [-0.1, -0.05) is 23.2 Å². The van der Waals surface area contributed by atoms with Crippen molar-refractivity contribution >= 4 is 29.2 Å². The van der Waals surface area contributed by atoms with Crippen molar-refractivity contribution in [2.24, 2.45) is 0 Å². The predicted octanol–water partition coefficient (Wildman–Crippen LogP) is 1.80. The predicted molar refractivity (Wildman–Crippen MR) is 48.0 cm³/mol. The molecule has 1 rings (SSSR count). The van der Waals surface area contributed by atoms with Gasteiger partial charge in [-0.2, -0.15) is 0 Å². The average molecular weight is 221 g/mol. The fourth-order valence-electron chi connectivity index (χ4n) is 0.809. The minimum Gasteiger partial charge on any atom is -0.481 e. The van der Waals surface area contributed by atoms with Gasteiger partial charge in [-0.05, 0) is 6.42 Å². The van der Waals surface area contributed by atoms with Crippen molar-refractivity contribution in [2.45, 2.75) is 12.8 Å². The minimum atomic E-state index is -0.906. The number of hydrogen-bond donors (Lipinski definition) is 1. The SMILES string of the molecule is O=C(O)CCc1c(Cl)ncnc1Cl. The lowest BCUT2D eigenvalue weighted by atomic mass is 10.2. The van der Waals surface area contributed by atoms with Gasteiger partial charge in [-0.3, -0.25) is 4.79 Å². The lowest BCUT2D eigenvalue weighted by Crippen LogP contribution is -2.00. The zero-order valence-corrected chi connectivity index (χ0v) is 8.01. The minimum absolute atomic E-state index is 0.0349. The molecule has 0 amide bonds. The molecule has 0 aliphatic rings. The molecule has 0 radical (unpaired) electrons. The normalized spacial score (nSPS) is 10.0. The summed E-state index contributed by atoms with van der Waals surface area (Å²) >= 11 is 11.4. The largest absolute Gasteiger partial charge is 0.481 e. The molecule has 0 saturated heterocycles. The van der Waals surface area contributed by atoms with E-state index in [1.807, 2.05) is 0 Å². The molecule has 0 atom stereocenters. The molecule has 4 nitrogen and oxygen atoms in total. The van der Waals surface area contributed by atoms with Gasteiger partial charge in [0.2, 0.25) is 0 Å². The van der Waals surface area contributed by atoms with Crippen LogP contribution in [0.25, 0.3) is 0 Å². The summed E-state index contributed by atoms with van der Waals surface area (Å²) in [6.45, 7) is 0. The molecule has 6 heteroatoms. The molecular weight excluding hydrogens is 215 g/mol. The summed E-state index contributed by atoms with van der Waals surface area (Å²) in [7, 11) is 0. The second kappa shape index (κ2) is 4.39. The van der Waals surface area contributed by atoms with Gasteiger partial charge in [0.05, 0.1) is 0 Å². The fourth-order valence-corrected chi connectivity index (χ4v) is 1.31. The lowest BCUT2D eigenvalue weighted by molar-refractivity contribution is -0.136. The molecule has 1 N–H and O–H groups in total. The van der Waals surface area contributed by atoms with E-state index in [0.29, 0.717) is 5.56 Å². The highest BCUT2D eigenvalue weighted by molar-refractivity contribution is 6.34. The van der Waals surface area contributed by atoms with Crippen molar-refractivity contribution in [3.8, 4) is 0 Å². The Morgan fingerprint density at radius 1 is 1.38 bits per heavy atom. The van der Waals surface area contributed by atoms with Gasteiger partial charge in [0.25, 0.3) is 0 Å². The van der Waals surface area contributed by atoms with E-state index in [-0.39, 0.29) is 23.1 Å². The van der Waals surface area contributed by atoms with Crippen LogP contribution in [0.4, 0.5) is 0 Å². The molecule has 1 aromatic heterocycles. The molecule has 0 unspecified atom stereocenters. The zero-order chi connectivity index (χ0) is 9.84. The van der Waals surface area contributed by atoms with Gasteiger partial charge in [-0.15, -0.1) is 0 Å². The van der Waals surface area contributed by atoms with Crippen LogP contribution >= 0.6 is 23.2 Å². The van der Waals surface area contributed by atoms with E-state index in [0.717, 1.165) is 0 Å². The Morgan fingerprint density at radius 3 is 2.38 bits per heavy atom. The highest BCUT2D eigenvalue weighted by atomic mass is 35.5. The van der Waals surface area contributed by atoms with Crippen molar-refractivity contribution in [3.05, 3.63) is 22.2 Å². The van der Waals surface area contributed by atoms with E-state index in [9.17, 15) is 4.79 Å². The summed E-state index contributed by atoms with van der Waals surface area (Å²) in [4.78, 5) is 17.7. The van der Waals surface area contributed by atoms with Crippen molar-refractivity contribution in [1.29, 1.82) is 0 Å². The maximum absolute atomic E-state index is 10.3. The first-order valence-electron chi connectivity index (χ1n) is 3.48. The molecule has 0 aromatic carbocycles. The Bertz CT molecular complexity index is 310. The topological polar surface area (TPSA) is 63.1 Å². The summed E-state index contributed by atoms with van der Waals surface area (Å²) in [5.41, 5.74) is 0.480. The zero-order valence-electron chi connectivity index (χ0n) is 6.50. The number of hydrogen-bond acceptors (Lipinski definition) is 3. The summed E-state index contributed by atoms with van der Waals surface area (Å²) in [6.07, 6.45) is 1.44. The summed E-state index contributed by atoms with van der Waals surface area (Å²) in [6, 6.07) is 0. The van der Waals surface area contributed by atoms with E-state index >= 15 is 0 Å². The highest BCUT2D eigenvalue weighted by Gasteiger charge is 2.09. The molecular formula is C7H6Cl2N2O2. The van der Waals surface area contributed by atoms with Crippen molar-refractivity contribution in [1.82, 2.24) is 9.97 Å². The van der Waals surface area contributed by atoms with Crippen molar-refractivity contribution in [3.63, 3.8) is 0 Å². The Balaban J connectivity index is 2.81. The van der Waals surface area contributed by atoms with Gasteiger partial charge >= 0.3 is 5.97 Å². The van der Waals surface area contributed by atoms with Crippen LogP contribution in [-0.2, 0) is 11.2 Å². The number of nitrogens with zero attached hydrogens (tertiary/aromatic N) is 2. The van der Waals surface area contributed by atoms with Crippen LogP contribution in [0.15, 0.2) is 6.33 Å². The third-order valence-corrected chi connectivity index (χ3v) is 2.08. The first-order valence-corrected chi connectivity index (χ1v) is 4.23. The van der Waals surface area contributed by atoms with Crippen LogP contribution < -0.4 is 0 Å². The van der Waals surface area contributed by atoms with Crippen LogP contribution in [0.3, 0.4) is 0 Å². The molecule has 1 heterocycles. The smallest absolute Gasteiger partial charge is 0.303 e. The maximum atomic E-state index is 10.3. The number of carboxylic acids is 1. The monoisotopic (exact) mass is 220 g/mol. The lowest BCUT2D eigenvalue weighted by Gasteiger charge is -2.01. The van der Waals surface area contributed by atoms with Gasteiger partial charge in [-0.25, -0.2) is 9.97 Å². The molecule has 0 fully saturated rings. The highest BCUT2D eigenvalue weighted by Crippen LogP contribution is 2.20. The molecule has 70 valence electrons. The van der Waals surface area contributed by atoms with E-state index in [1.54, 1.807) is 0 Å². The second-order valence-corrected chi connectivity index (χ2v) is 3.04. The van der Waals surface area contributed by atoms with Gasteiger partial charge in [0.1, 0.15) is 16.6 Å². The second-order valence-electron chi connectivity index (χ2n) is 2.33. The molecule has 0 bridgehead atoms. The van der Waals surface area contributed by atoms with Gasteiger partial charge < -0.3 is 5.11 Å². The van der Waals surface area contributed by atoms with E-state index in [4.69, 9.17) is 28.3 Å². The van der Waals surface area contributed by atoms with Crippen LogP contribution in [0, 0.1) is 0 Å². The number of aromatic nitrogens is 2. The first kappa shape index (κ1) is 10.2. The van der Waals surface area contributed by atoms with Gasteiger partial charge in [0, 0.05) is 12.0 Å². The van der Waals surface area contributed by atoms with Crippen LogP contribution in [0.5, 0.6) is 0 Å². The molecule has 1 aromatic rings. The number of carbonyl (C=O) groups is 1. The molecule has 0 aliphatic heterocycles. The van der Waals surface area contributed by atoms with Crippen molar-refractivity contribution in [2.75, 3.05) is 0 Å². The number of halogens is 2. The van der Waals surface area contributed by atoms with Crippen molar-refractivity contribution < 1.29 is 9.90 Å². The molecule has 13 heavy (non-hydrogen) atoms. The Morgan fingerprint density at radius 2 is 1.92 bits per heavy atom. The fraction of sp³-hybridized carbons (Fsp3) is 0.286. The van der Waals surface area contributed by atoms with Crippen LogP contribution in [-0.4, -0.2) is 21.0 Å². The number of carboxylic acid groups (broad SMARTS) is 1. The summed E-state index contributed by atoms with van der Waals surface area (Å²) < 4.78 is 0. The van der Waals surface area contributed by atoms with Crippen LogP contribution in [0.2, 0.25) is 10.3 Å². The maximum Gasteiger partial charge on any atom is 0.303 e. The third kappa shape index (κ3) is 2.82. The van der Waals surface area contributed by atoms with Crippen LogP contribution in [0.1, 0.15) is 12.0 Å². The first-order chi connectivity index (χ1) is 6.11. The summed E-state index contributed by atoms with van der Waals surface area (Å²) in [5.74, 6) is -0.906. The quantitative estimate of drug-likeness (QED) is 0.790. The van der Waals surface area contributed by atoms with E-state index in [1.165, 1.54) is 6.33 Å². The third-order valence-electron chi connectivity index (χ3n) is 1.43. The Hall–Kier alpha value is -0.870. The average Bonchev–Trinajstić information content (AvgIpc) is 2.03. The number of rotatable bonds is 3. The van der Waals surface area contributed by atoms with E-state index in [2.05, 4.69) is 9.97 Å². The molecule has 0 spiro atoms. The van der Waals surface area contributed by atoms with Gasteiger partial charge in [0.15, 0.2) is 0 Å². The standard InChI is InChI=1S/C7H6Cl2N2O2/c8-6-4(1-2-5(12)13)7(9)11-3-10-6/h3H,1-2H2,(H,12,13). The number of aliphatic carboxylic acids is 1. The molecule has 0 aliphatic carbocycles. The Kier molecular flexibility index (Phi) is 3.45.